The second-order valence-electron chi connectivity index (χ2n) is 11.1. The first-order valence-corrected chi connectivity index (χ1v) is 12.0. The first-order chi connectivity index (χ1) is 14.2. The van der Waals surface area contributed by atoms with Crippen LogP contribution in [0.25, 0.3) is 5.53 Å². The zero-order chi connectivity index (χ0) is 21.7. The van der Waals surface area contributed by atoms with E-state index in [-0.39, 0.29) is 12.3 Å². The maximum Gasteiger partial charge on any atom is 0.420 e. The summed E-state index contributed by atoms with van der Waals surface area (Å²) in [5.74, 6) is 2.05. The van der Waals surface area contributed by atoms with E-state index in [9.17, 15) is 20.5 Å². The minimum Gasteiger partial charge on any atom is -0.457 e. The molecule has 0 radical (unpaired) electrons. The number of esters is 1. The summed E-state index contributed by atoms with van der Waals surface area (Å²) in [5, 5.41) is 22.4. The van der Waals surface area contributed by atoms with E-state index in [4.69, 9.17) is 4.74 Å². The van der Waals surface area contributed by atoms with Crippen LogP contribution in [0.1, 0.15) is 85.0 Å². The molecule has 4 fully saturated rings. The zero-order valence-corrected chi connectivity index (χ0v) is 18.8. The number of carbonyl (C=O) groups excluding carboxylic acids is 1. The fourth-order valence-electron chi connectivity index (χ4n) is 8.19. The second-order valence-corrected chi connectivity index (χ2v) is 11.1. The molecule has 0 bridgehead atoms. The van der Waals surface area contributed by atoms with Gasteiger partial charge in [-0.25, -0.2) is 4.79 Å². The molecule has 0 aromatic rings. The van der Waals surface area contributed by atoms with Crippen LogP contribution in [-0.4, -0.2) is 44.5 Å². The summed E-state index contributed by atoms with van der Waals surface area (Å²) < 4.78 is 5.12. The highest BCUT2D eigenvalue weighted by atomic mass is 16.5. The average molecular weight is 419 g/mol. The zero-order valence-electron chi connectivity index (χ0n) is 18.8. The fraction of sp³-hybridized carbons (Fsp3) is 0.917. The third-order valence-corrected chi connectivity index (χ3v) is 9.59. The van der Waals surface area contributed by atoms with E-state index < -0.39 is 22.6 Å². The number of ether oxygens (including phenoxy) is 1. The van der Waals surface area contributed by atoms with Crippen LogP contribution in [0.2, 0.25) is 0 Å². The van der Waals surface area contributed by atoms with Crippen molar-refractivity contribution in [3.05, 3.63) is 5.53 Å². The van der Waals surface area contributed by atoms with Gasteiger partial charge in [-0.15, -0.1) is 0 Å². The first kappa shape index (κ1) is 22.0. The third-order valence-electron chi connectivity index (χ3n) is 9.59. The average Bonchev–Trinajstić information content (AvgIpc) is 2.68. The number of hydrogen-bond acceptors (Lipinski definition) is 4. The van der Waals surface area contributed by atoms with Gasteiger partial charge in [0, 0.05) is 5.41 Å². The van der Waals surface area contributed by atoms with Crippen molar-refractivity contribution in [2.24, 2.45) is 35.0 Å². The molecule has 6 heteroatoms. The van der Waals surface area contributed by atoms with Crippen LogP contribution in [0.3, 0.4) is 0 Å². The normalized spacial score (nSPS) is 47.8. The van der Waals surface area contributed by atoms with Gasteiger partial charge in [-0.05, 0) is 108 Å². The lowest BCUT2D eigenvalue weighted by Crippen LogP contribution is -2.65. The summed E-state index contributed by atoms with van der Waals surface area (Å²) in [7, 11) is 0. The lowest BCUT2D eigenvalue weighted by molar-refractivity contribution is -0.185. The predicted octanol–water partition coefficient (Wildman–Crippen LogP) is 3.75. The molecule has 4 aliphatic rings. The molecule has 0 spiro atoms. The molecule has 168 valence electrons. The summed E-state index contributed by atoms with van der Waals surface area (Å²) in [5.41, 5.74) is 7.01. The molecule has 0 saturated heterocycles. The van der Waals surface area contributed by atoms with Gasteiger partial charge in [-0.3, -0.25) is 0 Å². The van der Waals surface area contributed by atoms with E-state index in [2.05, 4.69) is 11.7 Å². The summed E-state index contributed by atoms with van der Waals surface area (Å²) in [6.07, 6.45) is 9.33. The number of nitrogens with zero attached hydrogens (tertiary/aromatic N) is 2. The van der Waals surface area contributed by atoms with Crippen molar-refractivity contribution in [3.63, 3.8) is 0 Å². The van der Waals surface area contributed by atoms with Crippen LogP contribution in [0.4, 0.5) is 0 Å². The van der Waals surface area contributed by atoms with Gasteiger partial charge in [0.15, 0.2) is 5.60 Å². The second kappa shape index (κ2) is 7.72. The minimum absolute atomic E-state index is 0.186. The molecule has 0 aromatic heterocycles. The van der Waals surface area contributed by atoms with Gasteiger partial charge in [0.2, 0.25) is 0 Å². The van der Waals surface area contributed by atoms with E-state index in [1.165, 1.54) is 0 Å². The maximum absolute atomic E-state index is 12.5. The van der Waals surface area contributed by atoms with Gasteiger partial charge >= 0.3 is 11.7 Å². The summed E-state index contributed by atoms with van der Waals surface area (Å²) in [6, 6.07) is 0. The van der Waals surface area contributed by atoms with Crippen molar-refractivity contribution in [1.29, 1.82) is 0 Å². The van der Waals surface area contributed by atoms with Gasteiger partial charge in [-0.2, -0.15) is 4.79 Å². The van der Waals surface area contributed by atoms with Crippen LogP contribution in [0.5, 0.6) is 0 Å². The number of carbonyl (C=O) groups is 1. The Morgan fingerprint density at radius 2 is 1.77 bits per heavy atom. The monoisotopic (exact) mass is 418 g/mol. The van der Waals surface area contributed by atoms with Crippen molar-refractivity contribution in [3.8, 4) is 0 Å². The number of hydrogen-bond donors (Lipinski definition) is 2. The molecule has 0 heterocycles. The Kier molecular flexibility index (Phi) is 5.66. The molecule has 4 aliphatic carbocycles. The van der Waals surface area contributed by atoms with Crippen LogP contribution >= 0.6 is 0 Å². The summed E-state index contributed by atoms with van der Waals surface area (Å²) >= 11 is 0. The Morgan fingerprint density at radius 3 is 2.47 bits per heavy atom. The predicted molar refractivity (Wildman–Crippen MR) is 113 cm³/mol. The Labute approximate surface area is 180 Å². The van der Waals surface area contributed by atoms with Crippen molar-refractivity contribution in [2.45, 2.75) is 96.2 Å². The first-order valence-electron chi connectivity index (χ1n) is 12.0. The molecule has 30 heavy (non-hydrogen) atoms. The van der Waals surface area contributed by atoms with E-state index in [0.29, 0.717) is 36.0 Å². The van der Waals surface area contributed by atoms with E-state index in [1.54, 1.807) is 6.92 Å². The highest BCUT2D eigenvalue weighted by Gasteiger charge is 2.66. The van der Waals surface area contributed by atoms with Crippen LogP contribution in [0.15, 0.2) is 0 Å². The van der Waals surface area contributed by atoms with Crippen molar-refractivity contribution in [2.75, 3.05) is 6.61 Å². The molecular formula is C24H38N2O4. The molecule has 0 aromatic carbocycles. The highest BCUT2D eigenvalue weighted by molar-refractivity contribution is 6.37. The van der Waals surface area contributed by atoms with Gasteiger partial charge in [0.1, 0.15) is 0 Å². The summed E-state index contributed by atoms with van der Waals surface area (Å²) in [6.45, 7) is 5.99. The molecule has 4 saturated carbocycles. The quantitative estimate of drug-likeness (QED) is 0.315. The van der Waals surface area contributed by atoms with Crippen LogP contribution in [-0.2, 0) is 9.53 Å². The van der Waals surface area contributed by atoms with Gasteiger partial charge < -0.3 is 20.5 Å². The highest BCUT2D eigenvalue weighted by Crippen LogP contribution is 2.64. The fourth-order valence-corrected chi connectivity index (χ4v) is 8.19. The van der Waals surface area contributed by atoms with Crippen LogP contribution in [0, 0.1) is 35.0 Å². The smallest absolute Gasteiger partial charge is 0.420 e. The molecule has 0 aliphatic heterocycles. The standard InChI is InChI=1S/C24H38N2O4/c1-4-30-21(27)20(26-25)24(29)11-5-6-19-18-8-7-15-14-22(2,28)12-9-16(15)17(18)10-13-23(19,24)3/h15-19,28-29H,4-14H2,1-3H3/t15-,16+,17-,18-,19+,22-,23+,24?/m1/s1. The molecule has 6 nitrogen and oxygen atoms in total. The Morgan fingerprint density at radius 1 is 1.03 bits per heavy atom. The maximum atomic E-state index is 12.5. The Bertz CT molecular complexity index is 745. The van der Waals surface area contributed by atoms with Gasteiger partial charge in [0.25, 0.3) is 0 Å². The SMILES string of the molecule is CCOC(=O)C(=[N+]=[N-])C1(O)CCC[C@H]2[C@@H]3CC[C@@H]4C[C@](C)(O)CC[C@@H]4[C@H]3CC[C@@]21C. The molecule has 0 amide bonds. The number of rotatable bonds is 3. The summed E-state index contributed by atoms with van der Waals surface area (Å²) in [4.78, 5) is 15.8. The van der Waals surface area contributed by atoms with Crippen molar-refractivity contribution >= 4 is 11.7 Å². The van der Waals surface area contributed by atoms with E-state index in [0.717, 1.165) is 57.8 Å². The number of fused-ring (bicyclic) bond motifs is 5. The molecule has 2 N–H and O–H groups in total. The molecule has 1 unspecified atom stereocenters. The molecule has 4 rings (SSSR count). The van der Waals surface area contributed by atoms with Crippen molar-refractivity contribution in [1.82, 2.24) is 0 Å². The van der Waals surface area contributed by atoms with E-state index >= 15 is 0 Å². The van der Waals surface area contributed by atoms with E-state index in [1.807, 2.05) is 6.92 Å². The topological polar surface area (TPSA) is 103 Å². The molecule has 8 atom stereocenters. The minimum atomic E-state index is -1.45. The van der Waals surface area contributed by atoms with Gasteiger partial charge in [-0.1, -0.05) is 6.92 Å². The Balaban J connectivity index is 1.62. The van der Waals surface area contributed by atoms with Gasteiger partial charge in [0.05, 0.1) is 12.2 Å². The lowest BCUT2D eigenvalue weighted by Gasteiger charge is -2.61. The third kappa shape index (κ3) is 3.27. The van der Waals surface area contributed by atoms with Crippen molar-refractivity contribution < 1.29 is 24.5 Å². The number of aliphatic hydroxyl groups is 2. The molecular weight excluding hydrogens is 380 g/mol. The lowest BCUT2D eigenvalue weighted by atomic mass is 9.43. The van der Waals surface area contributed by atoms with Crippen LogP contribution < -0.4 is 0 Å². The Hall–Kier alpha value is -1.23. The largest absolute Gasteiger partial charge is 0.457 e.